The number of hydrogen-bond donors (Lipinski definition) is 1. The monoisotopic (exact) mass is 772 g/mol. The molecule has 1 heterocycles. The maximum atomic E-state index is 13.6. The fourth-order valence-electron chi connectivity index (χ4n) is 5.38. The van der Waals surface area contributed by atoms with Crippen LogP contribution in [-0.4, -0.2) is 24.5 Å². The fourth-order valence-corrected chi connectivity index (χ4v) is 6.35. The van der Waals surface area contributed by atoms with Crippen molar-refractivity contribution in [1.29, 1.82) is 0 Å². The van der Waals surface area contributed by atoms with Crippen LogP contribution in [0, 0.1) is 10.5 Å². The predicted molar refractivity (Wildman–Crippen MR) is 195 cm³/mol. The van der Waals surface area contributed by atoms with Crippen LogP contribution in [0.3, 0.4) is 0 Å². The Morgan fingerprint density at radius 3 is 2.38 bits per heavy atom. The van der Waals surface area contributed by atoms with E-state index < -0.39 is 17.8 Å². The Morgan fingerprint density at radius 1 is 0.854 bits per heavy atom. The average molecular weight is 773 g/mol. The van der Waals surface area contributed by atoms with E-state index in [1.807, 2.05) is 37.3 Å². The summed E-state index contributed by atoms with van der Waals surface area (Å²) in [5, 5.41) is 5.11. The number of rotatable bonds is 10. The summed E-state index contributed by atoms with van der Waals surface area (Å²) in [6.07, 6.45) is 1.45. The number of imide groups is 2. The highest BCUT2D eigenvalue weighted by Gasteiger charge is 2.37. The van der Waals surface area contributed by atoms with Gasteiger partial charge in [0, 0.05) is 16.1 Å². The number of nitrogens with zero attached hydrogens (tertiary/aromatic N) is 1. The van der Waals surface area contributed by atoms with Crippen LogP contribution < -0.4 is 24.4 Å². The molecule has 1 fully saturated rings. The summed E-state index contributed by atoms with van der Waals surface area (Å²) < 4.78 is 18.9. The van der Waals surface area contributed by atoms with E-state index >= 15 is 0 Å². The number of hydrogen-bond acceptors (Lipinski definition) is 6. The highest BCUT2D eigenvalue weighted by atomic mass is 127. The highest BCUT2D eigenvalue weighted by molar-refractivity contribution is 14.1. The Balaban J connectivity index is 1.23. The van der Waals surface area contributed by atoms with E-state index in [-0.39, 0.29) is 17.9 Å². The highest BCUT2D eigenvalue weighted by Crippen LogP contribution is 2.37. The van der Waals surface area contributed by atoms with Gasteiger partial charge in [-0.15, -0.1) is 0 Å². The largest absolute Gasteiger partial charge is 0.490 e. The molecule has 242 valence electrons. The number of halogens is 2. The van der Waals surface area contributed by atoms with Crippen LogP contribution in [0.1, 0.15) is 29.2 Å². The molecule has 5 aromatic rings. The molecular formula is C38H30ClIN2O6. The van der Waals surface area contributed by atoms with Crippen LogP contribution in [0.5, 0.6) is 17.2 Å². The van der Waals surface area contributed by atoms with Crippen molar-refractivity contribution in [2.45, 2.75) is 27.1 Å². The molecule has 0 aromatic heterocycles. The van der Waals surface area contributed by atoms with Gasteiger partial charge in [0.1, 0.15) is 24.5 Å². The average Bonchev–Trinajstić information content (AvgIpc) is 3.07. The molecule has 8 nitrogen and oxygen atoms in total. The molecule has 0 unspecified atom stereocenters. The summed E-state index contributed by atoms with van der Waals surface area (Å²) in [5.41, 5.74) is 3.62. The minimum atomic E-state index is -0.844. The summed E-state index contributed by atoms with van der Waals surface area (Å²) in [6.45, 7) is 4.87. The van der Waals surface area contributed by atoms with Crippen molar-refractivity contribution in [1.82, 2.24) is 5.32 Å². The van der Waals surface area contributed by atoms with E-state index in [2.05, 4.69) is 59.1 Å². The van der Waals surface area contributed by atoms with Crippen LogP contribution in [0.15, 0.2) is 103 Å². The number of nitrogens with one attached hydrogen (secondary N) is 1. The van der Waals surface area contributed by atoms with Crippen LogP contribution in [0.4, 0.5) is 10.5 Å². The topological polar surface area (TPSA) is 94.2 Å². The predicted octanol–water partition coefficient (Wildman–Crippen LogP) is 8.63. The van der Waals surface area contributed by atoms with E-state index in [1.165, 1.54) is 6.08 Å². The molecule has 10 heteroatoms. The molecule has 1 saturated heterocycles. The maximum absolute atomic E-state index is 13.6. The van der Waals surface area contributed by atoms with Crippen molar-refractivity contribution in [2.24, 2.45) is 0 Å². The van der Waals surface area contributed by atoms with Gasteiger partial charge < -0.3 is 14.2 Å². The van der Waals surface area contributed by atoms with Gasteiger partial charge in [0.15, 0.2) is 11.5 Å². The van der Waals surface area contributed by atoms with Gasteiger partial charge >= 0.3 is 6.03 Å². The summed E-state index contributed by atoms with van der Waals surface area (Å²) in [4.78, 5) is 40.3. The van der Waals surface area contributed by atoms with Gasteiger partial charge in [-0.25, -0.2) is 9.69 Å². The molecule has 0 atom stereocenters. The first kappa shape index (κ1) is 33.0. The molecule has 5 aromatic carbocycles. The first-order valence-corrected chi connectivity index (χ1v) is 16.6. The van der Waals surface area contributed by atoms with Crippen LogP contribution in [0.25, 0.3) is 16.8 Å². The molecule has 0 saturated carbocycles. The lowest BCUT2D eigenvalue weighted by atomic mass is 10.0. The molecule has 6 rings (SSSR count). The number of aryl methyl sites for hydroxylation is 1. The zero-order valence-corrected chi connectivity index (χ0v) is 29.0. The summed E-state index contributed by atoms with van der Waals surface area (Å²) >= 11 is 8.37. The van der Waals surface area contributed by atoms with Gasteiger partial charge in [-0.2, -0.15) is 0 Å². The number of carbonyl (C=O) groups is 3. The second-order valence-corrected chi connectivity index (χ2v) is 12.5. The summed E-state index contributed by atoms with van der Waals surface area (Å²) in [7, 11) is 0. The van der Waals surface area contributed by atoms with E-state index in [4.69, 9.17) is 25.8 Å². The lowest BCUT2D eigenvalue weighted by Crippen LogP contribution is -2.54. The van der Waals surface area contributed by atoms with Gasteiger partial charge in [0.2, 0.25) is 0 Å². The number of urea groups is 1. The number of carbonyl (C=O) groups excluding carboxylic acids is 3. The smallest absolute Gasteiger partial charge is 0.335 e. The van der Waals surface area contributed by atoms with Crippen LogP contribution in [0.2, 0.25) is 5.02 Å². The second kappa shape index (κ2) is 14.5. The number of amides is 4. The van der Waals surface area contributed by atoms with Gasteiger partial charge in [-0.1, -0.05) is 66.2 Å². The minimum absolute atomic E-state index is 0.202. The van der Waals surface area contributed by atoms with Crippen molar-refractivity contribution in [2.75, 3.05) is 11.5 Å². The Morgan fingerprint density at radius 2 is 1.60 bits per heavy atom. The number of ether oxygens (including phenoxy) is 3. The first-order chi connectivity index (χ1) is 23.2. The maximum Gasteiger partial charge on any atom is 0.335 e. The van der Waals surface area contributed by atoms with E-state index in [1.54, 1.807) is 42.5 Å². The number of anilines is 1. The third-order valence-electron chi connectivity index (χ3n) is 7.83. The van der Waals surface area contributed by atoms with E-state index in [0.29, 0.717) is 41.0 Å². The molecule has 0 aliphatic carbocycles. The molecule has 1 aliphatic heterocycles. The number of fused-ring (bicyclic) bond motifs is 1. The molecule has 0 radical (unpaired) electrons. The van der Waals surface area contributed by atoms with E-state index in [0.717, 1.165) is 35.9 Å². The van der Waals surface area contributed by atoms with Crippen molar-refractivity contribution in [3.05, 3.63) is 133 Å². The standard InChI is InChI=1S/C38H30ClIN2O6/c1-3-46-34-20-24(19-33(40)35(34)48-22-31-23(2)12-13-25-8-4-6-10-29(25)31)18-30-36(43)41-38(45)42(37(30)44)27-14-16-28(17-15-27)47-21-26-9-5-7-11-32(26)39/h4-20H,3,21-22H2,1-2H3,(H,41,43,45)/b30-18+. The Hall–Kier alpha value is -4.87. The summed E-state index contributed by atoms with van der Waals surface area (Å²) in [5.74, 6) is -0.00155. The Bertz CT molecular complexity index is 2080. The second-order valence-electron chi connectivity index (χ2n) is 11.0. The third kappa shape index (κ3) is 7.02. The molecule has 0 bridgehead atoms. The normalized spacial score (nSPS) is 14.0. The molecule has 48 heavy (non-hydrogen) atoms. The van der Waals surface area contributed by atoms with Gasteiger partial charge in [-0.3, -0.25) is 14.9 Å². The van der Waals surface area contributed by atoms with Crippen molar-refractivity contribution in [3.63, 3.8) is 0 Å². The Labute approximate surface area is 296 Å². The van der Waals surface area contributed by atoms with Gasteiger partial charge in [0.25, 0.3) is 11.8 Å². The van der Waals surface area contributed by atoms with Crippen molar-refractivity contribution in [3.8, 4) is 17.2 Å². The third-order valence-corrected chi connectivity index (χ3v) is 9.00. The van der Waals surface area contributed by atoms with Crippen LogP contribution >= 0.6 is 34.2 Å². The number of barbiturate groups is 1. The fraction of sp³-hybridized carbons (Fsp3) is 0.132. The van der Waals surface area contributed by atoms with Gasteiger partial charge in [-0.05, 0) is 107 Å². The zero-order valence-electron chi connectivity index (χ0n) is 26.1. The SMILES string of the molecule is CCOc1cc(/C=C2\C(=O)NC(=O)N(c3ccc(OCc4ccccc4Cl)cc3)C2=O)cc(I)c1OCc1c(C)ccc2ccccc12. The van der Waals surface area contributed by atoms with Crippen molar-refractivity contribution >= 4 is 74.6 Å². The van der Waals surface area contributed by atoms with Crippen molar-refractivity contribution < 1.29 is 28.6 Å². The lowest BCUT2D eigenvalue weighted by molar-refractivity contribution is -0.122. The van der Waals surface area contributed by atoms with Crippen LogP contribution in [-0.2, 0) is 22.8 Å². The molecular weight excluding hydrogens is 743 g/mol. The molecule has 1 N–H and O–H groups in total. The molecule has 4 amide bonds. The molecule has 1 aliphatic rings. The zero-order chi connectivity index (χ0) is 33.8. The van der Waals surface area contributed by atoms with E-state index in [9.17, 15) is 14.4 Å². The lowest BCUT2D eigenvalue weighted by Gasteiger charge is -2.26. The molecule has 0 spiro atoms. The number of benzene rings is 5. The Kier molecular flexibility index (Phi) is 9.98. The van der Waals surface area contributed by atoms with Gasteiger partial charge in [0.05, 0.1) is 15.9 Å². The quantitative estimate of drug-likeness (QED) is 0.0869. The summed E-state index contributed by atoms with van der Waals surface area (Å²) in [6, 6.07) is 28.8. The first-order valence-electron chi connectivity index (χ1n) is 15.2. The minimum Gasteiger partial charge on any atom is -0.490 e.